The molecule has 1 aliphatic heterocycles. The number of aryl methyl sites for hydroxylation is 1. The molecular formula is C17H25F3N4O. The van der Waals surface area contributed by atoms with Gasteiger partial charge in [0.1, 0.15) is 12.4 Å². The standard InChI is InChI=1S/C17H25F3N4O/c1-22(11-17(18,19)20)15(25)10-24-9-5-8-14(24)16-21-12-6-3-4-7-13(12)23(16)2/h14H,3-11H2,1-2H3. The summed E-state index contributed by atoms with van der Waals surface area (Å²) in [5.74, 6) is 0.457. The third-order valence-electron chi connectivity index (χ3n) is 5.25. The van der Waals surface area contributed by atoms with E-state index in [0.717, 1.165) is 48.5 Å². The van der Waals surface area contributed by atoms with Crippen molar-refractivity contribution >= 4 is 5.91 Å². The Hall–Kier alpha value is -1.57. The van der Waals surface area contributed by atoms with Crippen LogP contribution >= 0.6 is 0 Å². The van der Waals surface area contributed by atoms with E-state index in [1.165, 1.54) is 19.2 Å². The van der Waals surface area contributed by atoms with E-state index in [2.05, 4.69) is 4.57 Å². The fraction of sp³-hybridized carbons (Fsp3) is 0.765. The predicted octanol–water partition coefficient (Wildman–Crippen LogP) is 2.46. The second kappa shape index (κ2) is 6.97. The first kappa shape index (κ1) is 18.2. The molecule has 8 heteroatoms. The van der Waals surface area contributed by atoms with Gasteiger partial charge in [-0.15, -0.1) is 0 Å². The first-order valence-corrected chi connectivity index (χ1v) is 8.85. The van der Waals surface area contributed by atoms with Gasteiger partial charge in [0.15, 0.2) is 0 Å². The molecule has 3 rings (SSSR count). The van der Waals surface area contributed by atoms with Crippen molar-refractivity contribution in [2.45, 2.75) is 50.7 Å². The van der Waals surface area contributed by atoms with Gasteiger partial charge in [-0.05, 0) is 45.1 Å². The highest BCUT2D eigenvalue weighted by molar-refractivity contribution is 5.78. The van der Waals surface area contributed by atoms with Gasteiger partial charge in [-0.1, -0.05) is 0 Å². The molecule has 0 bridgehead atoms. The molecule has 0 N–H and O–H groups in total. The highest BCUT2D eigenvalue weighted by Crippen LogP contribution is 2.33. The second-order valence-electron chi connectivity index (χ2n) is 7.12. The number of alkyl halides is 3. The summed E-state index contributed by atoms with van der Waals surface area (Å²) in [5.41, 5.74) is 2.42. The Morgan fingerprint density at radius 1 is 1.28 bits per heavy atom. The number of likely N-dealkylation sites (N-methyl/N-ethyl adjacent to an activating group) is 1. The van der Waals surface area contributed by atoms with Crippen LogP contribution in [0.5, 0.6) is 0 Å². The zero-order valence-electron chi connectivity index (χ0n) is 14.8. The maximum absolute atomic E-state index is 12.5. The molecular weight excluding hydrogens is 333 g/mol. The van der Waals surface area contributed by atoms with Crippen LogP contribution in [0, 0.1) is 0 Å². The number of fused-ring (bicyclic) bond motifs is 1. The number of hydrogen-bond donors (Lipinski definition) is 0. The summed E-state index contributed by atoms with van der Waals surface area (Å²) in [6.45, 7) is -0.483. The van der Waals surface area contributed by atoms with E-state index >= 15 is 0 Å². The van der Waals surface area contributed by atoms with Gasteiger partial charge in [-0.2, -0.15) is 13.2 Å². The molecule has 5 nitrogen and oxygen atoms in total. The molecule has 1 aliphatic carbocycles. The molecule has 1 unspecified atom stereocenters. The minimum Gasteiger partial charge on any atom is -0.336 e. The Morgan fingerprint density at radius 2 is 2.00 bits per heavy atom. The second-order valence-corrected chi connectivity index (χ2v) is 7.12. The Morgan fingerprint density at radius 3 is 2.68 bits per heavy atom. The molecule has 0 saturated carbocycles. The maximum atomic E-state index is 12.5. The zero-order chi connectivity index (χ0) is 18.2. The summed E-state index contributed by atoms with van der Waals surface area (Å²) in [5, 5.41) is 0. The van der Waals surface area contributed by atoms with E-state index in [0.29, 0.717) is 6.54 Å². The molecule has 0 aromatic carbocycles. The number of carbonyl (C=O) groups excluding carboxylic acids is 1. The van der Waals surface area contributed by atoms with Gasteiger partial charge in [0.05, 0.1) is 18.3 Å². The van der Waals surface area contributed by atoms with Crippen molar-refractivity contribution in [3.8, 4) is 0 Å². The lowest BCUT2D eigenvalue weighted by molar-refractivity contribution is -0.159. The zero-order valence-corrected chi connectivity index (χ0v) is 14.8. The molecule has 1 amide bonds. The fourth-order valence-corrected chi connectivity index (χ4v) is 3.96. The topological polar surface area (TPSA) is 41.4 Å². The van der Waals surface area contributed by atoms with E-state index in [-0.39, 0.29) is 12.6 Å². The molecule has 1 aromatic heterocycles. The molecule has 0 radical (unpaired) electrons. The lowest BCUT2D eigenvalue weighted by Gasteiger charge is -2.26. The summed E-state index contributed by atoms with van der Waals surface area (Å²) in [6.07, 6.45) is 1.79. The number of nitrogens with zero attached hydrogens (tertiary/aromatic N) is 4. The van der Waals surface area contributed by atoms with Crippen molar-refractivity contribution in [2.75, 3.05) is 26.7 Å². The number of amides is 1. The van der Waals surface area contributed by atoms with Crippen LogP contribution in [-0.2, 0) is 24.7 Å². The molecule has 2 heterocycles. The normalized spacial score (nSPS) is 21.4. The molecule has 1 fully saturated rings. The van der Waals surface area contributed by atoms with Gasteiger partial charge in [0.25, 0.3) is 0 Å². The van der Waals surface area contributed by atoms with Crippen LogP contribution in [-0.4, -0.2) is 58.1 Å². The number of imidazole rings is 1. The van der Waals surface area contributed by atoms with Crippen LogP contribution < -0.4 is 0 Å². The summed E-state index contributed by atoms with van der Waals surface area (Å²) >= 11 is 0. The number of halogens is 3. The minimum atomic E-state index is -4.37. The van der Waals surface area contributed by atoms with Crippen LogP contribution in [0.3, 0.4) is 0 Å². The highest BCUT2D eigenvalue weighted by atomic mass is 19.4. The third kappa shape index (κ3) is 3.99. The van der Waals surface area contributed by atoms with E-state index in [1.807, 2.05) is 11.9 Å². The largest absolute Gasteiger partial charge is 0.406 e. The van der Waals surface area contributed by atoms with E-state index in [4.69, 9.17) is 4.98 Å². The van der Waals surface area contributed by atoms with Gasteiger partial charge in [0.2, 0.25) is 5.91 Å². The number of rotatable bonds is 4. The van der Waals surface area contributed by atoms with Gasteiger partial charge in [0, 0.05) is 19.8 Å². The first-order chi connectivity index (χ1) is 11.8. The average molecular weight is 358 g/mol. The molecule has 0 spiro atoms. The lowest BCUT2D eigenvalue weighted by Crippen LogP contribution is -2.42. The van der Waals surface area contributed by atoms with Crippen LogP contribution in [0.4, 0.5) is 13.2 Å². The molecule has 1 atom stereocenters. The van der Waals surface area contributed by atoms with Crippen molar-refractivity contribution in [1.82, 2.24) is 19.4 Å². The molecule has 1 saturated heterocycles. The van der Waals surface area contributed by atoms with Crippen LogP contribution in [0.1, 0.15) is 48.9 Å². The van der Waals surface area contributed by atoms with E-state index in [9.17, 15) is 18.0 Å². The van der Waals surface area contributed by atoms with Gasteiger partial charge >= 0.3 is 6.18 Å². The Labute approximate surface area is 145 Å². The van der Waals surface area contributed by atoms with Gasteiger partial charge < -0.3 is 9.47 Å². The van der Waals surface area contributed by atoms with Crippen LogP contribution in [0.25, 0.3) is 0 Å². The lowest BCUT2D eigenvalue weighted by atomic mass is 10.0. The maximum Gasteiger partial charge on any atom is 0.406 e. The van der Waals surface area contributed by atoms with Gasteiger partial charge in [-0.3, -0.25) is 9.69 Å². The highest BCUT2D eigenvalue weighted by Gasteiger charge is 2.35. The molecule has 25 heavy (non-hydrogen) atoms. The van der Waals surface area contributed by atoms with Crippen molar-refractivity contribution in [3.63, 3.8) is 0 Å². The Kier molecular flexibility index (Phi) is 5.09. The summed E-state index contributed by atoms with van der Waals surface area (Å²) in [4.78, 5) is 19.7. The quantitative estimate of drug-likeness (QED) is 0.830. The summed E-state index contributed by atoms with van der Waals surface area (Å²) in [6, 6.07) is 0.0128. The van der Waals surface area contributed by atoms with Crippen LogP contribution in [0.2, 0.25) is 0 Å². The smallest absolute Gasteiger partial charge is 0.336 e. The fourth-order valence-electron chi connectivity index (χ4n) is 3.96. The predicted molar refractivity (Wildman–Crippen MR) is 87.1 cm³/mol. The number of likely N-dealkylation sites (tertiary alicyclic amines) is 1. The average Bonchev–Trinajstić information content (AvgIpc) is 3.10. The van der Waals surface area contributed by atoms with Crippen molar-refractivity contribution in [1.29, 1.82) is 0 Å². The van der Waals surface area contributed by atoms with E-state index in [1.54, 1.807) is 0 Å². The SMILES string of the molecule is CN(CC(F)(F)F)C(=O)CN1CCCC1c1nc2c(n1C)CCCC2. The minimum absolute atomic E-state index is 0.00870. The molecule has 2 aliphatic rings. The van der Waals surface area contributed by atoms with Crippen molar-refractivity contribution in [3.05, 3.63) is 17.2 Å². The number of carbonyl (C=O) groups is 1. The van der Waals surface area contributed by atoms with E-state index < -0.39 is 18.6 Å². The van der Waals surface area contributed by atoms with Crippen molar-refractivity contribution in [2.24, 2.45) is 7.05 Å². The summed E-state index contributed by atoms with van der Waals surface area (Å²) in [7, 11) is 3.22. The third-order valence-corrected chi connectivity index (χ3v) is 5.25. The van der Waals surface area contributed by atoms with Crippen LogP contribution in [0.15, 0.2) is 0 Å². The molecule has 140 valence electrons. The van der Waals surface area contributed by atoms with Crippen molar-refractivity contribution < 1.29 is 18.0 Å². The number of hydrogen-bond acceptors (Lipinski definition) is 3. The molecule has 1 aromatic rings. The number of aromatic nitrogens is 2. The van der Waals surface area contributed by atoms with Gasteiger partial charge in [-0.25, -0.2) is 4.98 Å². The Balaban J connectivity index is 1.71. The summed E-state index contributed by atoms with van der Waals surface area (Å²) < 4.78 is 39.6. The monoisotopic (exact) mass is 358 g/mol. The Bertz CT molecular complexity index is 641. The first-order valence-electron chi connectivity index (χ1n) is 8.85.